The Morgan fingerprint density at radius 3 is 2.34 bits per heavy atom. The van der Waals surface area contributed by atoms with Gasteiger partial charge in [0.2, 0.25) is 10.0 Å². The lowest BCUT2D eigenvalue weighted by atomic mass is 10.1. The van der Waals surface area contributed by atoms with E-state index in [9.17, 15) is 18.3 Å². The number of nitrogens with zero attached hydrogens (tertiary/aromatic N) is 1. The second kappa shape index (κ2) is 9.73. The lowest BCUT2D eigenvalue weighted by molar-refractivity contribution is 0.0730. The summed E-state index contributed by atoms with van der Waals surface area (Å²) in [5, 5.41) is 12.9. The SMILES string of the molecule is CSc1ccc(C(O)CNC(=O)c2ccc(S(=O)(=O)N3CCOCC3)cc2)cc1. The van der Waals surface area contributed by atoms with Gasteiger partial charge in [-0.25, -0.2) is 8.42 Å². The van der Waals surface area contributed by atoms with Crippen molar-refractivity contribution in [2.75, 3.05) is 39.1 Å². The van der Waals surface area contributed by atoms with Gasteiger partial charge in [-0.2, -0.15) is 4.31 Å². The third kappa shape index (κ3) is 5.37. The fraction of sp³-hybridized carbons (Fsp3) is 0.350. The molecule has 2 aromatic carbocycles. The van der Waals surface area contributed by atoms with Crippen LogP contribution in [0.25, 0.3) is 0 Å². The first-order chi connectivity index (χ1) is 13.9. The van der Waals surface area contributed by atoms with E-state index in [0.717, 1.165) is 10.5 Å². The second-order valence-electron chi connectivity index (χ2n) is 6.54. The van der Waals surface area contributed by atoms with Gasteiger partial charge in [-0.15, -0.1) is 11.8 Å². The van der Waals surface area contributed by atoms with E-state index in [2.05, 4.69) is 5.32 Å². The normalized spacial score (nSPS) is 16.3. The Bertz CT molecular complexity index is 924. The van der Waals surface area contributed by atoms with Crippen molar-refractivity contribution < 1.29 is 23.1 Å². The molecule has 1 fully saturated rings. The van der Waals surface area contributed by atoms with Gasteiger partial charge in [0.25, 0.3) is 5.91 Å². The van der Waals surface area contributed by atoms with E-state index >= 15 is 0 Å². The highest BCUT2D eigenvalue weighted by Crippen LogP contribution is 2.20. The van der Waals surface area contributed by atoms with Gasteiger partial charge in [0.15, 0.2) is 0 Å². The molecule has 0 bridgehead atoms. The van der Waals surface area contributed by atoms with Crippen LogP contribution in [0.15, 0.2) is 58.3 Å². The number of aliphatic hydroxyl groups excluding tert-OH is 1. The highest BCUT2D eigenvalue weighted by Gasteiger charge is 2.26. The zero-order valence-corrected chi connectivity index (χ0v) is 17.7. The highest BCUT2D eigenvalue weighted by atomic mass is 32.2. The lowest BCUT2D eigenvalue weighted by Gasteiger charge is -2.26. The Morgan fingerprint density at radius 1 is 1.14 bits per heavy atom. The van der Waals surface area contributed by atoms with Crippen LogP contribution >= 0.6 is 11.8 Å². The predicted molar refractivity (Wildman–Crippen MR) is 112 cm³/mol. The molecule has 1 unspecified atom stereocenters. The molecule has 1 amide bonds. The topological polar surface area (TPSA) is 95.9 Å². The third-order valence-electron chi connectivity index (χ3n) is 4.68. The number of sulfonamides is 1. The summed E-state index contributed by atoms with van der Waals surface area (Å²) in [4.78, 5) is 13.6. The van der Waals surface area contributed by atoms with Crippen LogP contribution in [0.1, 0.15) is 22.0 Å². The molecule has 0 aromatic heterocycles. The first-order valence-electron chi connectivity index (χ1n) is 9.20. The van der Waals surface area contributed by atoms with Gasteiger partial charge in [-0.05, 0) is 48.2 Å². The van der Waals surface area contributed by atoms with Gasteiger partial charge in [-0.1, -0.05) is 12.1 Å². The molecule has 29 heavy (non-hydrogen) atoms. The molecular formula is C20H24N2O5S2. The van der Waals surface area contributed by atoms with Crippen LogP contribution in [0.2, 0.25) is 0 Å². The van der Waals surface area contributed by atoms with E-state index < -0.39 is 16.1 Å². The molecule has 3 rings (SSSR count). The van der Waals surface area contributed by atoms with Crippen molar-refractivity contribution in [1.29, 1.82) is 0 Å². The number of rotatable bonds is 7. The summed E-state index contributed by atoms with van der Waals surface area (Å²) in [5.41, 5.74) is 1.05. The van der Waals surface area contributed by atoms with Crippen molar-refractivity contribution in [2.24, 2.45) is 0 Å². The smallest absolute Gasteiger partial charge is 0.251 e. The zero-order chi connectivity index (χ0) is 20.9. The monoisotopic (exact) mass is 436 g/mol. The Labute approximate surface area is 175 Å². The van der Waals surface area contributed by atoms with Gasteiger partial charge < -0.3 is 15.2 Å². The Hall–Kier alpha value is -1.91. The molecule has 2 aromatic rings. The van der Waals surface area contributed by atoms with E-state index in [1.807, 2.05) is 30.5 Å². The standard InChI is InChI=1S/C20H24N2O5S2/c1-28-17-6-2-15(3-7-17)19(23)14-21-20(24)16-4-8-18(9-5-16)29(25,26)22-10-12-27-13-11-22/h2-9,19,23H,10-14H2,1H3,(H,21,24). The van der Waals surface area contributed by atoms with E-state index in [0.29, 0.717) is 31.9 Å². The number of benzene rings is 2. The molecular weight excluding hydrogens is 412 g/mol. The van der Waals surface area contributed by atoms with Crippen LogP contribution in [0, 0.1) is 0 Å². The molecule has 1 aliphatic rings. The molecule has 156 valence electrons. The molecule has 0 radical (unpaired) electrons. The number of aliphatic hydroxyl groups is 1. The number of carbonyl (C=O) groups excluding carboxylic acids is 1. The van der Waals surface area contributed by atoms with E-state index in [4.69, 9.17) is 4.74 Å². The van der Waals surface area contributed by atoms with Crippen molar-refractivity contribution in [3.8, 4) is 0 Å². The molecule has 1 aliphatic heterocycles. The van der Waals surface area contributed by atoms with Crippen LogP contribution in [-0.4, -0.2) is 62.8 Å². The van der Waals surface area contributed by atoms with Gasteiger partial charge in [0.1, 0.15) is 0 Å². The minimum absolute atomic E-state index is 0.0608. The number of hydrogen-bond donors (Lipinski definition) is 2. The largest absolute Gasteiger partial charge is 0.387 e. The minimum Gasteiger partial charge on any atom is -0.387 e. The quantitative estimate of drug-likeness (QED) is 0.644. The van der Waals surface area contributed by atoms with Crippen molar-refractivity contribution in [3.05, 3.63) is 59.7 Å². The van der Waals surface area contributed by atoms with Gasteiger partial charge in [0, 0.05) is 30.1 Å². The molecule has 2 N–H and O–H groups in total. The summed E-state index contributed by atoms with van der Waals surface area (Å²) in [5.74, 6) is -0.375. The van der Waals surface area contributed by atoms with Crippen LogP contribution < -0.4 is 5.32 Å². The van der Waals surface area contributed by atoms with Crippen molar-refractivity contribution in [3.63, 3.8) is 0 Å². The Balaban J connectivity index is 1.59. The summed E-state index contributed by atoms with van der Waals surface area (Å²) in [7, 11) is -3.59. The second-order valence-corrected chi connectivity index (χ2v) is 9.36. The van der Waals surface area contributed by atoms with Crippen LogP contribution in [-0.2, 0) is 14.8 Å². The third-order valence-corrected chi connectivity index (χ3v) is 7.34. The van der Waals surface area contributed by atoms with E-state index in [-0.39, 0.29) is 17.3 Å². The number of hydrogen-bond acceptors (Lipinski definition) is 6. The first kappa shape index (κ1) is 21.8. The molecule has 0 spiro atoms. The van der Waals surface area contributed by atoms with Gasteiger partial charge >= 0.3 is 0 Å². The fourth-order valence-electron chi connectivity index (χ4n) is 2.95. The van der Waals surface area contributed by atoms with Crippen molar-refractivity contribution in [1.82, 2.24) is 9.62 Å². The molecule has 1 saturated heterocycles. The number of carbonyl (C=O) groups is 1. The summed E-state index contributed by atoms with van der Waals surface area (Å²) >= 11 is 1.61. The molecule has 1 heterocycles. The Morgan fingerprint density at radius 2 is 1.76 bits per heavy atom. The van der Waals surface area contributed by atoms with Crippen LogP contribution in [0.4, 0.5) is 0 Å². The minimum atomic E-state index is -3.59. The fourth-order valence-corrected chi connectivity index (χ4v) is 4.77. The van der Waals surface area contributed by atoms with E-state index in [1.54, 1.807) is 11.8 Å². The predicted octanol–water partition coefficient (Wildman–Crippen LogP) is 1.89. The summed E-state index contributed by atoms with van der Waals surface area (Å²) in [6.07, 6.45) is 1.15. The van der Waals surface area contributed by atoms with Crippen molar-refractivity contribution >= 4 is 27.7 Å². The molecule has 9 heteroatoms. The molecule has 0 saturated carbocycles. The number of morpholine rings is 1. The van der Waals surface area contributed by atoms with Crippen LogP contribution in [0.3, 0.4) is 0 Å². The maximum absolute atomic E-state index is 12.6. The van der Waals surface area contributed by atoms with Gasteiger partial charge in [-0.3, -0.25) is 4.79 Å². The molecule has 0 aliphatic carbocycles. The van der Waals surface area contributed by atoms with E-state index in [1.165, 1.54) is 28.6 Å². The molecule has 7 nitrogen and oxygen atoms in total. The Kier molecular flexibility index (Phi) is 7.31. The first-order valence-corrected chi connectivity index (χ1v) is 11.9. The average Bonchev–Trinajstić information content (AvgIpc) is 2.78. The zero-order valence-electron chi connectivity index (χ0n) is 16.1. The van der Waals surface area contributed by atoms with Gasteiger partial charge in [0.05, 0.1) is 24.2 Å². The van der Waals surface area contributed by atoms with Crippen molar-refractivity contribution in [2.45, 2.75) is 15.9 Å². The summed E-state index contributed by atoms with van der Waals surface area (Å²) < 4.78 is 31.8. The maximum atomic E-state index is 12.6. The highest BCUT2D eigenvalue weighted by molar-refractivity contribution is 7.98. The molecule has 1 atom stereocenters. The number of nitrogens with one attached hydrogen (secondary N) is 1. The number of ether oxygens (including phenoxy) is 1. The number of amides is 1. The summed E-state index contributed by atoms with van der Waals surface area (Å²) in [6.45, 7) is 1.45. The average molecular weight is 437 g/mol. The number of thioether (sulfide) groups is 1. The van der Waals surface area contributed by atoms with Crippen LogP contribution in [0.5, 0.6) is 0 Å². The summed E-state index contributed by atoms with van der Waals surface area (Å²) in [6, 6.07) is 13.3. The lowest BCUT2D eigenvalue weighted by Crippen LogP contribution is -2.40. The maximum Gasteiger partial charge on any atom is 0.251 e.